The third-order valence-electron chi connectivity index (χ3n) is 2.75. The lowest BCUT2D eigenvalue weighted by molar-refractivity contribution is 0.0988. The first kappa shape index (κ1) is 12.3. The molecule has 0 spiro atoms. The predicted molar refractivity (Wildman–Crippen MR) is 71.3 cm³/mol. The summed E-state index contributed by atoms with van der Waals surface area (Å²) < 4.78 is 0. The van der Waals surface area contributed by atoms with Crippen molar-refractivity contribution < 1.29 is 4.79 Å². The first-order valence-electron chi connectivity index (χ1n) is 5.70. The lowest BCUT2D eigenvalue weighted by Crippen LogP contribution is -2.26. The van der Waals surface area contributed by atoms with Crippen LogP contribution in [0.15, 0.2) is 48.7 Å². The molecule has 2 N–H and O–H groups in total. The lowest BCUT2D eigenvalue weighted by atomic mass is 10.2. The molecule has 1 aromatic carbocycles. The number of hydrogen-bond acceptors (Lipinski definition) is 3. The number of nitrogens with zero attached hydrogens (tertiary/aromatic N) is 2. The van der Waals surface area contributed by atoms with Crippen molar-refractivity contribution in [3.8, 4) is 0 Å². The molecule has 1 heterocycles. The van der Waals surface area contributed by atoms with Crippen LogP contribution in [0.3, 0.4) is 0 Å². The predicted octanol–water partition coefficient (Wildman–Crippen LogP) is 1.82. The van der Waals surface area contributed by atoms with Gasteiger partial charge in [0.25, 0.3) is 5.91 Å². The molecule has 18 heavy (non-hydrogen) atoms. The van der Waals surface area contributed by atoms with E-state index < -0.39 is 0 Å². The van der Waals surface area contributed by atoms with Gasteiger partial charge in [0, 0.05) is 25.5 Å². The van der Waals surface area contributed by atoms with Crippen LogP contribution in [0.1, 0.15) is 16.1 Å². The van der Waals surface area contributed by atoms with Crippen LogP contribution in [0, 0.1) is 0 Å². The molecule has 0 aliphatic rings. The van der Waals surface area contributed by atoms with Crippen LogP contribution < -0.4 is 10.6 Å². The van der Waals surface area contributed by atoms with Crippen LogP contribution in [0.5, 0.6) is 0 Å². The molecule has 0 saturated carbocycles. The SMILES string of the molecule is CN(C(=O)c1ccccn1)c1ccc(CN)cc1. The Balaban J connectivity index is 2.20. The highest BCUT2D eigenvalue weighted by Gasteiger charge is 2.13. The summed E-state index contributed by atoms with van der Waals surface area (Å²) in [6.07, 6.45) is 1.61. The fraction of sp³-hybridized carbons (Fsp3) is 0.143. The molecule has 0 fully saturated rings. The van der Waals surface area contributed by atoms with Crippen LogP contribution in [0.2, 0.25) is 0 Å². The zero-order chi connectivity index (χ0) is 13.0. The topological polar surface area (TPSA) is 59.2 Å². The molecule has 2 rings (SSSR count). The van der Waals surface area contributed by atoms with E-state index in [4.69, 9.17) is 5.73 Å². The summed E-state index contributed by atoms with van der Waals surface area (Å²) in [5.41, 5.74) is 7.83. The van der Waals surface area contributed by atoms with E-state index in [-0.39, 0.29) is 5.91 Å². The molecule has 0 unspecified atom stereocenters. The number of nitrogens with two attached hydrogens (primary N) is 1. The maximum atomic E-state index is 12.1. The summed E-state index contributed by atoms with van der Waals surface area (Å²) in [4.78, 5) is 17.8. The van der Waals surface area contributed by atoms with E-state index in [0.29, 0.717) is 12.2 Å². The number of carbonyl (C=O) groups excluding carboxylic acids is 1. The Labute approximate surface area is 106 Å². The van der Waals surface area contributed by atoms with Crippen LogP contribution >= 0.6 is 0 Å². The Hall–Kier alpha value is -2.20. The summed E-state index contributed by atoms with van der Waals surface area (Å²) in [7, 11) is 1.73. The molecular formula is C14H15N3O. The van der Waals surface area contributed by atoms with E-state index in [9.17, 15) is 4.79 Å². The van der Waals surface area contributed by atoms with Crippen molar-refractivity contribution in [2.75, 3.05) is 11.9 Å². The standard InChI is InChI=1S/C14H15N3O/c1-17(12-7-5-11(10-15)6-8-12)14(18)13-4-2-3-9-16-13/h2-9H,10,15H2,1H3. The van der Waals surface area contributed by atoms with Crippen molar-refractivity contribution in [1.29, 1.82) is 0 Å². The van der Waals surface area contributed by atoms with Gasteiger partial charge in [0.05, 0.1) is 0 Å². The van der Waals surface area contributed by atoms with E-state index in [2.05, 4.69) is 4.98 Å². The zero-order valence-electron chi connectivity index (χ0n) is 10.2. The highest BCUT2D eigenvalue weighted by atomic mass is 16.2. The number of benzene rings is 1. The molecule has 0 atom stereocenters. The normalized spacial score (nSPS) is 10.1. The largest absolute Gasteiger partial charge is 0.326 e. The Morgan fingerprint density at radius 2 is 1.94 bits per heavy atom. The van der Waals surface area contributed by atoms with Gasteiger partial charge >= 0.3 is 0 Å². The van der Waals surface area contributed by atoms with Gasteiger partial charge in [-0.05, 0) is 29.8 Å². The van der Waals surface area contributed by atoms with Crippen molar-refractivity contribution in [3.05, 3.63) is 59.9 Å². The van der Waals surface area contributed by atoms with E-state index in [1.807, 2.05) is 24.3 Å². The molecule has 1 amide bonds. The molecule has 4 nitrogen and oxygen atoms in total. The fourth-order valence-electron chi connectivity index (χ4n) is 1.63. The van der Waals surface area contributed by atoms with Crippen LogP contribution in [-0.4, -0.2) is 17.9 Å². The molecule has 0 aliphatic heterocycles. The molecule has 0 radical (unpaired) electrons. The minimum atomic E-state index is -0.129. The first-order valence-corrected chi connectivity index (χ1v) is 5.70. The van der Waals surface area contributed by atoms with Crippen molar-refractivity contribution in [1.82, 2.24) is 4.98 Å². The zero-order valence-corrected chi connectivity index (χ0v) is 10.2. The summed E-state index contributed by atoms with van der Waals surface area (Å²) >= 11 is 0. The average Bonchev–Trinajstić information content (AvgIpc) is 2.47. The maximum Gasteiger partial charge on any atom is 0.276 e. The highest BCUT2D eigenvalue weighted by molar-refractivity contribution is 6.04. The third-order valence-corrected chi connectivity index (χ3v) is 2.75. The molecule has 0 bridgehead atoms. The summed E-state index contributed by atoms with van der Waals surface area (Å²) in [5, 5.41) is 0. The summed E-state index contributed by atoms with van der Waals surface area (Å²) in [5.74, 6) is -0.129. The lowest BCUT2D eigenvalue weighted by Gasteiger charge is -2.17. The van der Waals surface area contributed by atoms with Crippen molar-refractivity contribution in [2.24, 2.45) is 5.73 Å². The molecule has 1 aromatic heterocycles. The Bertz CT molecular complexity index is 522. The minimum absolute atomic E-state index is 0.129. The van der Waals surface area contributed by atoms with Crippen LogP contribution in [0.25, 0.3) is 0 Å². The number of rotatable bonds is 3. The second-order valence-electron chi connectivity index (χ2n) is 3.95. The summed E-state index contributed by atoms with van der Waals surface area (Å²) in [6.45, 7) is 0.498. The van der Waals surface area contributed by atoms with Crippen molar-refractivity contribution >= 4 is 11.6 Å². The third kappa shape index (κ3) is 2.55. The fourth-order valence-corrected chi connectivity index (χ4v) is 1.63. The van der Waals surface area contributed by atoms with Gasteiger partial charge in [-0.15, -0.1) is 0 Å². The number of aromatic nitrogens is 1. The van der Waals surface area contributed by atoms with Gasteiger partial charge in [-0.25, -0.2) is 0 Å². The van der Waals surface area contributed by atoms with Gasteiger partial charge in [-0.1, -0.05) is 18.2 Å². The minimum Gasteiger partial charge on any atom is -0.326 e. The second kappa shape index (κ2) is 5.42. The van der Waals surface area contributed by atoms with Gasteiger partial charge < -0.3 is 10.6 Å². The van der Waals surface area contributed by atoms with E-state index in [0.717, 1.165) is 11.3 Å². The number of carbonyl (C=O) groups is 1. The number of anilines is 1. The maximum absolute atomic E-state index is 12.1. The van der Waals surface area contributed by atoms with Crippen LogP contribution in [-0.2, 0) is 6.54 Å². The molecule has 4 heteroatoms. The Kier molecular flexibility index (Phi) is 3.69. The number of hydrogen-bond donors (Lipinski definition) is 1. The van der Waals surface area contributed by atoms with E-state index in [1.165, 1.54) is 0 Å². The smallest absolute Gasteiger partial charge is 0.276 e. The Morgan fingerprint density at radius 3 is 2.50 bits per heavy atom. The quantitative estimate of drug-likeness (QED) is 0.891. The monoisotopic (exact) mass is 241 g/mol. The van der Waals surface area contributed by atoms with E-state index in [1.54, 1.807) is 36.3 Å². The van der Waals surface area contributed by atoms with E-state index >= 15 is 0 Å². The molecule has 0 aliphatic carbocycles. The van der Waals surface area contributed by atoms with Gasteiger partial charge in [0.1, 0.15) is 5.69 Å². The molecule has 0 saturated heterocycles. The molecular weight excluding hydrogens is 226 g/mol. The van der Waals surface area contributed by atoms with Crippen LogP contribution in [0.4, 0.5) is 5.69 Å². The number of amides is 1. The van der Waals surface area contributed by atoms with Crippen molar-refractivity contribution in [3.63, 3.8) is 0 Å². The Morgan fingerprint density at radius 1 is 1.22 bits per heavy atom. The second-order valence-corrected chi connectivity index (χ2v) is 3.95. The molecule has 2 aromatic rings. The number of pyridine rings is 1. The summed E-state index contributed by atoms with van der Waals surface area (Å²) in [6, 6.07) is 12.9. The van der Waals surface area contributed by atoms with Gasteiger partial charge in [-0.3, -0.25) is 9.78 Å². The van der Waals surface area contributed by atoms with Gasteiger partial charge in [0.2, 0.25) is 0 Å². The van der Waals surface area contributed by atoms with Crippen molar-refractivity contribution in [2.45, 2.75) is 6.54 Å². The van der Waals surface area contributed by atoms with Gasteiger partial charge in [-0.2, -0.15) is 0 Å². The molecule has 92 valence electrons. The average molecular weight is 241 g/mol. The highest BCUT2D eigenvalue weighted by Crippen LogP contribution is 2.15. The first-order chi connectivity index (χ1) is 8.72. The van der Waals surface area contributed by atoms with Gasteiger partial charge in [0.15, 0.2) is 0 Å².